The molecule has 1 saturated heterocycles. The number of ether oxygens (including phenoxy) is 1. The zero-order valence-electron chi connectivity index (χ0n) is 6.72. The highest BCUT2D eigenvalue weighted by Crippen LogP contribution is 2.30. The second kappa shape index (κ2) is 2.30. The minimum absolute atomic E-state index is 0.468. The summed E-state index contributed by atoms with van der Waals surface area (Å²) in [7, 11) is 0. The highest BCUT2D eigenvalue weighted by Gasteiger charge is 2.32. The SMILES string of the molecule is CC1OC(C)C(C)C1C. The van der Waals surface area contributed by atoms with Crippen molar-refractivity contribution in [1.29, 1.82) is 0 Å². The summed E-state index contributed by atoms with van der Waals surface area (Å²) in [6, 6.07) is 0. The van der Waals surface area contributed by atoms with E-state index in [-0.39, 0.29) is 0 Å². The molecule has 9 heavy (non-hydrogen) atoms. The van der Waals surface area contributed by atoms with E-state index in [0.717, 1.165) is 11.8 Å². The predicted octanol–water partition coefficient (Wildman–Crippen LogP) is 2.07. The lowest BCUT2D eigenvalue weighted by molar-refractivity contribution is 0.0524. The standard InChI is InChI=1S/C8H16O/c1-5-6(2)8(4)9-7(5)3/h5-8H,1-4H3. The first-order valence-electron chi connectivity index (χ1n) is 3.78. The van der Waals surface area contributed by atoms with Crippen LogP contribution in [0.25, 0.3) is 0 Å². The maximum absolute atomic E-state index is 5.59. The third kappa shape index (κ3) is 1.11. The summed E-state index contributed by atoms with van der Waals surface area (Å²) in [6.45, 7) is 8.84. The molecular formula is C8H16O. The molecule has 1 heteroatoms. The van der Waals surface area contributed by atoms with Crippen molar-refractivity contribution in [2.45, 2.75) is 39.9 Å². The largest absolute Gasteiger partial charge is 0.375 e. The van der Waals surface area contributed by atoms with Gasteiger partial charge in [-0.2, -0.15) is 0 Å². The van der Waals surface area contributed by atoms with Crippen LogP contribution in [0.5, 0.6) is 0 Å². The minimum Gasteiger partial charge on any atom is -0.375 e. The minimum atomic E-state index is 0.468. The van der Waals surface area contributed by atoms with Crippen LogP contribution in [0.15, 0.2) is 0 Å². The van der Waals surface area contributed by atoms with Gasteiger partial charge in [-0.15, -0.1) is 0 Å². The monoisotopic (exact) mass is 128 g/mol. The first-order valence-corrected chi connectivity index (χ1v) is 3.78. The average Bonchev–Trinajstić information content (AvgIpc) is 1.98. The van der Waals surface area contributed by atoms with E-state index in [1.807, 2.05) is 0 Å². The summed E-state index contributed by atoms with van der Waals surface area (Å²) < 4.78 is 5.59. The van der Waals surface area contributed by atoms with Crippen LogP contribution in [0.3, 0.4) is 0 Å². The molecule has 0 aromatic rings. The summed E-state index contributed by atoms with van der Waals surface area (Å²) in [4.78, 5) is 0. The van der Waals surface area contributed by atoms with Gasteiger partial charge in [0.05, 0.1) is 12.2 Å². The normalized spacial score (nSPS) is 52.0. The predicted molar refractivity (Wildman–Crippen MR) is 38.3 cm³/mol. The molecule has 0 amide bonds. The van der Waals surface area contributed by atoms with Gasteiger partial charge in [-0.05, 0) is 25.7 Å². The molecule has 1 heterocycles. The molecule has 1 aliphatic heterocycles. The molecule has 54 valence electrons. The molecule has 1 fully saturated rings. The Morgan fingerprint density at radius 3 is 1.22 bits per heavy atom. The average molecular weight is 128 g/mol. The van der Waals surface area contributed by atoms with Crippen molar-refractivity contribution in [2.75, 3.05) is 0 Å². The van der Waals surface area contributed by atoms with Crippen LogP contribution in [0, 0.1) is 11.8 Å². The van der Waals surface area contributed by atoms with Crippen molar-refractivity contribution in [3.63, 3.8) is 0 Å². The Morgan fingerprint density at radius 2 is 1.11 bits per heavy atom. The topological polar surface area (TPSA) is 9.23 Å². The van der Waals surface area contributed by atoms with Crippen molar-refractivity contribution in [3.8, 4) is 0 Å². The van der Waals surface area contributed by atoms with Crippen molar-refractivity contribution < 1.29 is 4.74 Å². The number of hydrogen-bond donors (Lipinski definition) is 0. The molecule has 1 nitrogen and oxygen atoms in total. The molecule has 0 aromatic heterocycles. The molecule has 1 rings (SSSR count). The van der Waals surface area contributed by atoms with Crippen LogP contribution >= 0.6 is 0 Å². The van der Waals surface area contributed by atoms with E-state index in [1.54, 1.807) is 0 Å². The molecule has 0 aromatic carbocycles. The van der Waals surface area contributed by atoms with Gasteiger partial charge >= 0.3 is 0 Å². The van der Waals surface area contributed by atoms with Crippen LogP contribution in [-0.2, 0) is 4.74 Å². The maximum Gasteiger partial charge on any atom is 0.0579 e. The van der Waals surface area contributed by atoms with Gasteiger partial charge in [0.1, 0.15) is 0 Å². The number of hydrogen-bond acceptors (Lipinski definition) is 1. The molecule has 4 atom stereocenters. The van der Waals surface area contributed by atoms with Crippen LogP contribution in [0.2, 0.25) is 0 Å². The van der Waals surface area contributed by atoms with Crippen molar-refractivity contribution in [2.24, 2.45) is 11.8 Å². The molecule has 0 bridgehead atoms. The Balaban J connectivity index is 2.54. The second-order valence-corrected chi connectivity index (χ2v) is 3.26. The van der Waals surface area contributed by atoms with Gasteiger partial charge in [0.25, 0.3) is 0 Å². The molecule has 0 spiro atoms. The molecule has 0 radical (unpaired) electrons. The Bertz CT molecular complexity index is 88.7. The van der Waals surface area contributed by atoms with Crippen LogP contribution < -0.4 is 0 Å². The zero-order chi connectivity index (χ0) is 7.02. The van der Waals surface area contributed by atoms with E-state index in [9.17, 15) is 0 Å². The van der Waals surface area contributed by atoms with Crippen molar-refractivity contribution in [1.82, 2.24) is 0 Å². The quantitative estimate of drug-likeness (QED) is 0.485. The Labute approximate surface area is 57.4 Å². The van der Waals surface area contributed by atoms with E-state index in [1.165, 1.54) is 0 Å². The van der Waals surface area contributed by atoms with Gasteiger partial charge in [0.2, 0.25) is 0 Å². The van der Waals surface area contributed by atoms with Gasteiger partial charge in [-0.25, -0.2) is 0 Å². The third-order valence-electron chi connectivity index (χ3n) is 2.74. The fourth-order valence-electron chi connectivity index (χ4n) is 1.44. The van der Waals surface area contributed by atoms with E-state index in [2.05, 4.69) is 27.7 Å². The molecule has 4 unspecified atom stereocenters. The molecule has 0 aliphatic carbocycles. The summed E-state index contributed by atoms with van der Waals surface area (Å²) in [5, 5.41) is 0. The maximum atomic E-state index is 5.59. The lowest BCUT2D eigenvalue weighted by atomic mass is 9.92. The van der Waals surface area contributed by atoms with Crippen molar-refractivity contribution >= 4 is 0 Å². The molecule has 0 saturated carbocycles. The smallest absolute Gasteiger partial charge is 0.0579 e. The van der Waals surface area contributed by atoms with Gasteiger partial charge < -0.3 is 4.74 Å². The van der Waals surface area contributed by atoms with E-state index < -0.39 is 0 Å². The van der Waals surface area contributed by atoms with Crippen LogP contribution in [0.1, 0.15) is 27.7 Å². The summed E-state index contributed by atoms with van der Waals surface area (Å²) in [5.41, 5.74) is 0. The number of rotatable bonds is 0. The van der Waals surface area contributed by atoms with Gasteiger partial charge in [-0.3, -0.25) is 0 Å². The zero-order valence-corrected chi connectivity index (χ0v) is 6.72. The third-order valence-corrected chi connectivity index (χ3v) is 2.74. The Hall–Kier alpha value is -0.0400. The lowest BCUT2D eigenvalue weighted by Gasteiger charge is -2.10. The van der Waals surface area contributed by atoms with Crippen LogP contribution in [-0.4, -0.2) is 12.2 Å². The van der Waals surface area contributed by atoms with Crippen molar-refractivity contribution in [3.05, 3.63) is 0 Å². The molecular weight excluding hydrogens is 112 g/mol. The fourth-order valence-corrected chi connectivity index (χ4v) is 1.44. The molecule has 1 aliphatic rings. The first kappa shape index (κ1) is 7.07. The Morgan fingerprint density at radius 1 is 0.778 bits per heavy atom. The van der Waals surface area contributed by atoms with Gasteiger partial charge in [-0.1, -0.05) is 13.8 Å². The van der Waals surface area contributed by atoms with Gasteiger partial charge in [0.15, 0.2) is 0 Å². The fraction of sp³-hybridized carbons (Fsp3) is 1.00. The summed E-state index contributed by atoms with van der Waals surface area (Å²) >= 11 is 0. The lowest BCUT2D eigenvalue weighted by Crippen LogP contribution is -2.12. The summed E-state index contributed by atoms with van der Waals surface area (Å²) in [5.74, 6) is 1.47. The highest BCUT2D eigenvalue weighted by atomic mass is 16.5. The Kier molecular flexibility index (Phi) is 1.80. The highest BCUT2D eigenvalue weighted by molar-refractivity contribution is 4.80. The van der Waals surface area contributed by atoms with E-state index in [0.29, 0.717) is 12.2 Å². The van der Waals surface area contributed by atoms with E-state index in [4.69, 9.17) is 4.74 Å². The van der Waals surface area contributed by atoms with Crippen LogP contribution in [0.4, 0.5) is 0 Å². The van der Waals surface area contributed by atoms with E-state index >= 15 is 0 Å². The second-order valence-electron chi connectivity index (χ2n) is 3.26. The molecule has 0 N–H and O–H groups in total. The first-order chi connectivity index (χ1) is 4.13. The summed E-state index contributed by atoms with van der Waals surface area (Å²) in [6.07, 6.45) is 0.935. The van der Waals surface area contributed by atoms with Gasteiger partial charge in [0, 0.05) is 0 Å².